The molecule has 1 aromatic carbocycles. The molecule has 0 spiro atoms. The van der Waals surface area contributed by atoms with Crippen LogP contribution in [0.25, 0.3) is 0 Å². The highest BCUT2D eigenvalue weighted by atomic mass is 16.1. The van der Waals surface area contributed by atoms with Crippen molar-refractivity contribution in [2.75, 3.05) is 0 Å². The van der Waals surface area contributed by atoms with Gasteiger partial charge in [-0.15, -0.1) is 0 Å². The van der Waals surface area contributed by atoms with Crippen molar-refractivity contribution >= 4 is 23.1 Å². The number of hydrogen-bond acceptors (Lipinski definition) is 4. The van der Waals surface area contributed by atoms with Crippen LogP contribution in [-0.2, 0) is 9.59 Å². The van der Waals surface area contributed by atoms with Crippen LogP contribution in [0.5, 0.6) is 0 Å². The van der Waals surface area contributed by atoms with Crippen molar-refractivity contribution in [3.05, 3.63) is 59.7 Å². The molecule has 0 saturated carbocycles. The molecule has 0 amide bonds. The van der Waals surface area contributed by atoms with E-state index in [0.29, 0.717) is 24.0 Å². The summed E-state index contributed by atoms with van der Waals surface area (Å²) in [4.78, 5) is 53.4. The average Bonchev–Trinajstić information content (AvgIpc) is 2.90. The van der Waals surface area contributed by atoms with Gasteiger partial charge in [0.25, 0.3) is 0 Å². The molecule has 0 radical (unpaired) electrons. The van der Waals surface area contributed by atoms with Crippen LogP contribution >= 0.6 is 0 Å². The molecule has 0 saturated heterocycles. The fourth-order valence-corrected chi connectivity index (χ4v) is 7.61. The standard InChI is InChI=1S/C38H54O4/c1-23-13-11-19-37(7,8)33(23)31(39)21-25(3)27(5)35(41)29-15-17-30(18-16-29)36(42)28(6)26(4)22-32(40)34-24(2)14-12-20-38(34,9)10/h11-18,23-28,33-34H,19-22H2,1-10H3. The molecule has 230 valence electrons. The lowest BCUT2D eigenvalue weighted by molar-refractivity contribution is -0.130. The summed E-state index contributed by atoms with van der Waals surface area (Å²) in [6.45, 7) is 20.6. The number of rotatable bonds is 12. The number of Topliss-reactive ketones (excluding diaryl/α,β-unsaturated/α-hetero) is 4. The van der Waals surface area contributed by atoms with Crippen LogP contribution in [0.2, 0.25) is 0 Å². The molecule has 0 bridgehead atoms. The van der Waals surface area contributed by atoms with Crippen LogP contribution in [0.1, 0.15) is 116 Å². The van der Waals surface area contributed by atoms with Gasteiger partial charge in [-0.2, -0.15) is 0 Å². The molecular weight excluding hydrogens is 520 g/mol. The third-order valence-electron chi connectivity index (χ3n) is 10.6. The van der Waals surface area contributed by atoms with Gasteiger partial charge in [-0.25, -0.2) is 0 Å². The summed E-state index contributed by atoms with van der Waals surface area (Å²) in [5, 5.41) is 0. The van der Waals surface area contributed by atoms with Crippen LogP contribution < -0.4 is 0 Å². The van der Waals surface area contributed by atoms with E-state index in [1.165, 1.54) is 0 Å². The van der Waals surface area contributed by atoms with Crippen molar-refractivity contribution in [1.29, 1.82) is 0 Å². The predicted octanol–water partition coefficient (Wildman–Crippen LogP) is 8.99. The van der Waals surface area contributed by atoms with E-state index in [-0.39, 0.29) is 81.3 Å². The van der Waals surface area contributed by atoms with Crippen LogP contribution in [0.3, 0.4) is 0 Å². The minimum atomic E-state index is -0.306. The fourth-order valence-electron chi connectivity index (χ4n) is 7.61. The largest absolute Gasteiger partial charge is 0.299 e. The minimum absolute atomic E-state index is 0.00423. The molecule has 0 heterocycles. The lowest BCUT2D eigenvalue weighted by atomic mass is 9.64. The monoisotopic (exact) mass is 574 g/mol. The Kier molecular flexibility index (Phi) is 10.8. The first-order chi connectivity index (χ1) is 19.5. The number of ketones is 4. The summed E-state index contributed by atoms with van der Waals surface area (Å²) in [5.41, 5.74) is 0.963. The molecule has 8 unspecified atom stereocenters. The van der Waals surface area contributed by atoms with Gasteiger partial charge in [0.2, 0.25) is 0 Å². The topological polar surface area (TPSA) is 68.3 Å². The molecule has 4 nitrogen and oxygen atoms in total. The van der Waals surface area contributed by atoms with E-state index in [9.17, 15) is 19.2 Å². The quantitative estimate of drug-likeness (QED) is 0.184. The highest BCUT2D eigenvalue weighted by molar-refractivity contribution is 6.01. The summed E-state index contributed by atoms with van der Waals surface area (Å²) in [6, 6.07) is 6.94. The predicted molar refractivity (Wildman–Crippen MR) is 171 cm³/mol. The maximum Gasteiger partial charge on any atom is 0.165 e. The van der Waals surface area contributed by atoms with Gasteiger partial charge in [-0.1, -0.05) is 118 Å². The first kappa shape index (κ1) is 33.9. The number of benzene rings is 1. The normalized spacial score (nSPS) is 27.5. The second-order valence-corrected chi connectivity index (χ2v) is 15.1. The van der Waals surface area contributed by atoms with E-state index >= 15 is 0 Å². The van der Waals surface area contributed by atoms with E-state index in [2.05, 4.69) is 65.8 Å². The molecular formula is C38H54O4. The Balaban J connectivity index is 1.61. The van der Waals surface area contributed by atoms with E-state index in [0.717, 1.165) is 12.8 Å². The van der Waals surface area contributed by atoms with E-state index < -0.39 is 0 Å². The lowest BCUT2D eigenvalue weighted by Gasteiger charge is -2.39. The van der Waals surface area contributed by atoms with Crippen molar-refractivity contribution in [2.24, 2.45) is 58.2 Å². The average molecular weight is 575 g/mol. The molecule has 1 aromatic rings. The van der Waals surface area contributed by atoms with E-state index in [1.54, 1.807) is 24.3 Å². The third-order valence-corrected chi connectivity index (χ3v) is 10.6. The first-order valence-corrected chi connectivity index (χ1v) is 16.0. The molecule has 2 aliphatic rings. The highest BCUT2D eigenvalue weighted by Gasteiger charge is 2.41. The Labute approximate surface area is 254 Å². The Hall–Kier alpha value is -2.62. The molecule has 0 N–H and O–H groups in total. The zero-order valence-corrected chi connectivity index (χ0v) is 27.7. The van der Waals surface area contributed by atoms with Crippen molar-refractivity contribution in [1.82, 2.24) is 0 Å². The van der Waals surface area contributed by atoms with Crippen molar-refractivity contribution in [3.63, 3.8) is 0 Å². The van der Waals surface area contributed by atoms with Gasteiger partial charge in [-0.3, -0.25) is 19.2 Å². The Morgan fingerprint density at radius 1 is 0.643 bits per heavy atom. The molecule has 3 rings (SSSR count). The maximum absolute atomic E-state index is 13.4. The first-order valence-electron chi connectivity index (χ1n) is 16.0. The lowest BCUT2D eigenvalue weighted by Crippen LogP contribution is -2.38. The maximum atomic E-state index is 13.4. The van der Waals surface area contributed by atoms with Crippen molar-refractivity contribution in [2.45, 2.75) is 94.9 Å². The number of hydrogen-bond donors (Lipinski definition) is 0. The van der Waals surface area contributed by atoms with Gasteiger partial charge in [0.1, 0.15) is 11.6 Å². The zero-order chi connectivity index (χ0) is 31.6. The summed E-state index contributed by atoms with van der Waals surface area (Å²) in [7, 11) is 0. The molecule has 0 fully saturated rings. The Morgan fingerprint density at radius 2 is 0.952 bits per heavy atom. The second kappa shape index (κ2) is 13.3. The van der Waals surface area contributed by atoms with Gasteiger partial charge in [-0.05, 0) is 47.3 Å². The molecule has 0 aliphatic heterocycles. The molecule has 42 heavy (non-hydrogen) atoms. The summed E-state index contributed by atoms with van der Waals surface area (Å²) < 4.78 is 0. The molecule has 0 aromatic heterocycles. The van der Waals surface area contributed by atoms with Crippen LogP contribution in [0.15, 0.2) is 48.6 Å². The number of allylic oxidation sites excluding steroid dienone is 4. The number of carbonyl (C=O) groups excluding carboxylic acids is 4. The van der Waals surface area contributed by atoms with Gasteiger partial charge >= 0.3 is 0 Å². The molecule has 2 aliphatic carbocycles. The van der Waals surface area contributed by atoms with E-state index in [1.807, 2.05) is 27.7 Å². The SMILES string of the molecule is CC1C=CCC(C)(C)C1C(=O)CC(C)C(C)C(=O)c1ccc(C(=O)C(C)C(C)CC(=O)C2C(C)C=CCC2(C)C)cc1. The number of carbonyl (C=O) groups is 4. The summed E-state index contributed by atoms with van der Waals surface area (Å²) in [6.07, 6.45) is 11.2. The molecule has 8 atom stereocenters. The van der Waals surface area contributed by atoms with Gasteiger partial charge in [0.05, 0.1) is 0 Å². The van der Waals surface area contributed by atoms with Gasteiger partial charge < -0.3 is 0 Å². The summed E-state index contributed by atoms with van der Waals surface area (Å²) >= 11 is 0. The molecule has 4 heteroatoms. The van der Waals surface area contributed by atoms with Crippen LogP contribution in [0, 0.1) is 58.2 Å². The van der Waals surface area contributed by atoms with Gasteiger partial charge in [0, 0.05) is 47.6 Å². The van der Waals surface area contributed by atoms with Crippen molar-refractivity contribution in [3.8, 4) is 0 Å². The second-order valence-electron chi connectivity index (χ2n) is 15.1. The van der Waals surface area contributed by atoms with E-state index in [4.69, 9.17) is 0 Å². The third kappa shape index (κ3) is 7.47. The smallest absolute Gasteiger partial charge is 0.165 e. The van der Waals surface area contributed by atoms with Crippen LogP contribution in [0.4, 0.5) is 0 Å². The highest BCUT2D eigenvalue weighted by Crippen LogP contribution is 2.43. The Bertz CT molecular complexity index is 1120. The van der Waals surface area contributed by atoms with Crippen molar-refractivity contribution < 1.29 is 19.2 Å². The van der Waals surface area contributed by atoms with Gasteiger partial charge in [0.15, 0.2) is 11.6 Å². The zero-order valence-electron chi connectivity index (χ0n) is 27.7. The minimum Gasteiger partial charge on any atom is -0.299 e. The fraction of sp³-hybridized carbons (Fsp3) is 0.632. The van der Waals surface area contributed by atoms with Crippen LogP contribution in [-0.4, -0.2) is 23.1 Å². The summed E-state index contributed by atoms with van der Waals surface area (Å²) in [5.74, 6) is 0.0359. The Morgan fingerprint density at radius 3 is 1.24 bits per heavy atom.